The molecule has 0 saturated carbocycles. The minimum atomic E-state index is -0.655. The molecule has 0 atom stereocenters. The van der Waals surface area contributed by atoms with E-state index in [1.54, 1.807) is 36.5 Å². The van der Waals surface area contributed by atoms with Crippen LogP contribution in [0.25, 0.3) is 22.1 Å². The number of hydrogen-bond donors (Lipinski definition) is 3. The lowest BCUT2D eigenvalue weighted by molar-refractivity contribution is -0.121. The fourth-order valence-corrected chi connectivity index (χ4v) is 3.20. The average Bonchev–Trinajstić information content (AvgIpc) is 3.25. The molecule has 156 valence electrons. The zero-order chi connectivity index (χ0) is 21.8. The number of carbonyl (C=O) groups is 2. The van der Waals surface area contributed by atoms with Crippen molar-refractivity contribution in [2.75, 3.05) is 0 Å². The summed E-state index contributed by atoms with van der Waals surface area (Å²) >= 11 is 6.15. The minimum absolute atomic E-state index is 0.00687. The van der Waals surface area contributed by atoms with Crippen LogP contribution in [0, 0.1) is 0 Å². The number of rotatable bonds is 5. The summed E-state index contributed by atoms with van der Waals surface area (Å²) < 4.78 is 5.65. The lowest BCUT2D eigenvalue weighted by Crippen LogP contribution is -2.42. The summed E-state index contributed by atoms with van der Waals surface area (Å²) in [6.45, 7) is 0. The molecule has 0 aliphatic carbocycles. The smallest absolute Gasteiger partial charge is 0.290 e. The van der Waals surface area contributed by atoms with Crippen LogP contribution in [0.2, 0.25) is 5.02 Å². The summed E-state index contributed by atoms with van der Waals surface area (Å²) in [6.07, 6.45) is 1.80. The third-order valence-corrected chi connectivity index (χ3v) is 4.81. The highest BCUT2D eigenvalue weighted by Gasteiger charge is 2.15. The van der Waals surface area contributed by atoms with Crippen LogP contribution in [0.15, 0.2) is 63.9 Å². The maximum atomic E-state index is 12.4. The van der Waals surface area contributed by atoms with E-state index in [-0.39, 0.29) is 18.5 Å². The number of fused-ring (bicyclic) bond motifs is 1. The summed E-state index contributed by atoms with van der Waals surface area (Å²) in [5.74, 6) is -0.229. The monoisotopic (exact) mass is 437 g/mol. The van der Waals surface area contributed by atoms with Crippen LogP contribution in [0.4, 0.5) is 0 Å². The molecule has 0 aliphatic heterocycles. The Morgan fingerprint density at radius 2 is 1.77 bits per heavy atom. The topological polar surface area (TPSA) is 130 Å². The van der Waals surface area contributed by atoms with Crippen molar-refractivity contribution in [2.24, 2.45) is 0 Å². The van der Waals surface area contributed by atoms with E-state index in [1.165, 1.54) is 0 Å². The van der Waals surface area contributed by atoms with Gasteiger partial charge in [0.15, 0.2) is 17.3 Å². The highest BCUT2D eigenvalue weighted by Crippen LogP contribution is 2.28. The predicted molar refractivity (Wildman–Crippen MR) is 113 cm³/mol. The number of nitrogens with one attached hydrogen (secondary N) is 3. The van der Waals surface area contributed by atoms with Gasteiger partial charge >= 0.3 is 0 Å². The van der Waals surface area contributed by atoms with Crippen molar-refractivity contribution < 1.29 is 14.0 Å². The Morgan fingerprint density at radius 1 is 1.03 bits per heavy atom. The normalized spacial score (nSPS) is 10.7. The summed E-state index contributed by atoms with van der Waals surface area (Å²) in [5.41, 5.74) is 4.91. The van der Waals surface area contributed by atoms with Crippen LogP contribution in [-0.4, -0.2) is 27.0 Å². The van der Waals surface area contributed by atoms with Crippen molar-refractivity contribution in [3.8, 4) is 11.3 Å². The first-order chi connectivity index (χ1) is 15.0. The van der Waals surface area contributed by atoms with Gasteiger partial charge in [-0.2, -0.15) is 5.10 Å². The second-order valence-electron chi connectivity index (χ2n) is 6.55. The van der Waals surface area contributed by atoms with Crippen molar-refractivity contribution in [1.29, 1.82) is 0 Å². The first kappa shape index (κ1) is 20.3. The van der Waals surface area contributed by atoms with Crippen LogP contribution in [0.3, 0.4) is 0 Å². The van der Waals surface area contributed by atoms with Crippen molar-refractivity contribution in [1.82, 2.24) is 26.0 Å². The Balaban J connectivity index is 1.34. The van der Waals surface area contributed by atoms with E-state index < -0.39 is 17.4 Å². The molecule has 3 N–H and O–H groups in total. The van der Waals surface area contributed by atoms with E-state index in [1.807, 2.05) is 18.2 Å². The number of H-pyrrole nitrogens is 1. The molecule has 4 aromatic rings. The molecule has 4 rings (SSSR count). The number of hydrazine groups is 1. The number of aryl methyl sites for hydroxylation is 1. The number of oxazole rings is 1. The molecule has 0 radical (unpaired) electrons. The van der Waals surface area contributed by atoms with Crippen LogP contribution < -0.4 is 16.4 Å². The van der Waals surface area contributed by atoms with E-state index >= 15 is 0 Å². The third kappa shape index (κ3) is 4.46. The third-order valence-electron chi connectivity index (χ3n) is 4.49. The second kappa shape index (κ2) is 8.80. The van der Waals surface area contributed by atoms with Gasteiger partial charge in [0.25, 0.3) is 11.5 Å². The highest BCUT2D eigenvalue weighted by molar-refractivity contribution is 6.33. The molecule has 2 aromatic carbocycles. The van der Waals surface area contributed by atoms with Crippen LogP contribution >= 0.6 is 11.6 Å². The van der Waals surface area contributed by atoms with Gasteiger partial charge in [-0.05, 0) is 18.2 Å². The molecule has 31 heavy (non-hydrogen) atoms. The molecule has 0 bridgehead atoms. The van der Waals surface area contributed by atoms with E-state index in [2.05, 4.69) is 26.0 Å². The molecular weight excluding hydrogens is 422 g/mol. The zero-order valence-corrected chi connectivity index (χ0v) is 16.8. The number of carbonyl (C=O) groups excluding carboxylic acids is 2. The largest absolute Gasteiger partial charge is 0.441 e. The number of nitrogens with zero attached hydrogens (tertiary/aromatic N) is 2. The van der Waals surface area contributed by atoms with Gasteiger partial charge in [-0.25, -0.2) is 10.1 Å². The van der Waals surface area contributed by atoms with Crippen LogP contribution in [-0.2, 0) is 11.2 Å². The van der Waals surface area contributed by atoms with Gasteiger partial charge in [0, 0.05) is 23.8 Å². The highest BCUT2D eigenvalue weighted by atomic mass is 35.5. The fraction of sp³-hybridized carbons (Fsp3) is 0.0952. The molecule has 2 heterocycles. The summed E-state index contributed by atoms with van der Waals surface area (Å²) in [4.78, 5) is 40.5. The number of aromatic amines is 1. The Kier molecular flexibility index (Phi) is 5.76. The standard InChI is InChI=1S/C21H16ClN5O4/c22-15-8-4-3-7-14(15)16-11-23-18(31-16)10-9-17(28)24-27-21(30)19-12-5-1-2-6-13(12)20(29)26-25-19/h1-8,11H,9-10H2,(H,24,28)(H,26,29)(H,27,30). The number of halogens is 1. The molecule has 2 aromatic heterocycles. The van der Waals surface area contributed by atoms with Crippen molar-refractivity contribution >= 4 is 34.2 Å². The van der Waals surface area contributed by atoms with E-state index in [0.717, 1.165) is 0 Å². The Hall–Kier alpha value is -3.98. The quantitative estimate of drug-likeness (QED) is 0.411. The molecule has 9 nitrogen and oxygen atoms in total. The zero-order valence-electron chi connectivity index (χ0n) is 16.0. The lowest BCUT2D eigenvalue weighted by atomic mass is 10.1. The Bertz CT molecular complexity index is 1330. The fourth-order valence-electron chi connectivity index (χ4n) is 2.97. The maximum absolute atomic E-state index is 12.4. The Labute approximate surface area is 180 Å². The average molecular weight is 438 g/mol. The molecule has 0 fully saturated rings. The first-order valence-electron chi connectivity index (χ1n) is 9.29. The van der Waals surface area contributed by atoms with Crippen molar-refractivity contribution in [3.05, 3.63) is 81.7 Å². The van der Waals surface area contributed by atoms with Crippen molar-refractivity contribution in [3.63, 3.8) is 0 Å². The molecule has 0 spiro atoms. The van der Waals surface area contributed by atoms with Crippen LogP contribution in [0.5, 0.6) is 0 Å². The van der Waals surface area contributed by atoms with Gasteiger partial charge in [0.1, 0.15) is 0 Å². The molecule has 10 heteroatoms. The van der Waals surface area contributed by atoms with Gasteiger partial charge in [-0.15, -0.1) is 0 Å². The van der Waals surface area contributed by atoms with Crippen LogP contribution in [0.1, 0.15) is 22.8 Å². The number of hydrogen-bond acceptors (Lipinski definition) is 6. The van der Waals surface area contributed by atoms with E-state index in [4.69, 9.17) is 16.0 Å². The second-order valence-corrected chi connectivity index (χ2v) is 6.95. The van der Waals surface area contributed by atoms with Gasteiger partial charge in [-0.1, -0.05) is 41.9 Å². The predicted octanol–water partition coefficient (Wildman–Crippen LogP) is 2.63. The SMILES string of the molecule is O=C(CCc1ncc(-c2ccccc2Cl)o1)NNC(=O)c1n[nH]c(=O)c2ccccc12. The Morgan fingerprint density at radius 3 is 2.58 bits per heavy atom. The van der Waals surface area contributed by atoms with Gasteiger partial charge in [0.05, 0.1) is 16.6 Å². The van der Waals surface area contributed by atoms with Crippen molar-refractivity contribution in [2.45, 2.75) is 12.8 Å². The molecule has 0 saturated heterocycles. The number of aromatic nitrogens is 3. The van der Waals surface area contributed by atoms with E-state index in [9.17, 15) is 14.4 Å². The molecule has 0 unspecified atom stereocenters. The summed E-state index contributed by atoms with van der Waals surface area (Å²) in [5, 5.41) is 7.29. The minimum Gasteiger partial charge on any atom is -0.441 e. The number of benzene rings is 2. The first-order valence-corrected chi connectivity index (χ1v) is 9.67. The summed E-state index contributed by atoms with van der Waals surface area (Å²) in [6, 6.07) is 13.8. The summed E-state index contributed by atoms with van der Waals surface area (Å²) in [7, 11) is 0. The molecular formula is C21H16ClN5O4. The van der Waals surface area contributed by atoms with Gasteiger partial charge in [-0.3, -0.25) is 25.2 Å². The van der Waals surface area contributed by atoms with Gasteiger partial charge in [0.2, 0.25) is 5.91 Å². The maximum Gasteiger partial charge on any atom is 0.290 e. The van der Waals surface area contributed by atoms with E-state index in [0.29, 0.717) is 33.0 Å². The van der Waals surface area contributed by atoms with Gasteiger partial charge < -0.3 is 4.42 Å². The molecule has 0 aliphatic rings. The molecule has 2 amide bonds. The number of amides is 2. The lowest BCUT2D eigenvalue weighted by Gasteiger charge is -2.08.